The lowest BCUT2D eigenvalue weighted by Crippen LogP contribution is -2.15. The summed E-state index contributed by atoms with van der Waals surface area (Å²) in [5.74, 6) is 0.753. The summed E-state index contributed by atoms with van der Waals surface area (Å²) in [5.41, 5.74) is 8.58. The number of hydrogen-bond donors (Lipinski definition) is 4. The van der Waals surface area contributed by atoms with Crippen LogP contribution in [0.4, 0.5) is 0 Å². The van der Waals surface area contributed by atoms with Crippen molar-refractivity contribution in [3.8, 4) is 23.0 Å². The van der Waals surface area contributed by atoms with Gasteiger partial charge in [-0.25, -0.2) is 0 Å². The van der Waals surface area contributed by atoms with Crippen molar-refractivity contribution in [3.63, 3.8) is 0 Å². The zero-order valence-electron chi connectivity index (χ0n) is 27.8. The van der Waals surface area contributed by atoms with Gasteiger partial charge in [0.15, 0.2) is 0 Å². The van der Waals surface area contributed by atoms with Crippen LogP contribution in [0, 0.1) is 0 Å². The molecule has 0 spiro atoms. The van der Waals surface area contributed by atoms with E-state index in [2.05, 4.69) is 74.4 Å². The maximum absolute atomic E-state index is 11.8. The first-order valence-electron chi connectivity index (χ1n) is 15.7. The third-order valence-electron chi connectivity index (χ3n) is 9.13. The molecule has 0 atom stereocenters. The molecule has 1 aliphatic rings. The van der Waals surface area contributed by atoms with E-state index in [-0.39, 0.29) is 39.2 Å². The van der Waals surface area contributed by atoms with Crippen molar-refractivity contribution >= 4 is 0 Å². The smallest absolute Gasteiger partial charge is 0.122 e. The van der Waals surface area contributed by atoms with Gasteiger partial charge in [0.25, 0.3) is 0 Å². The summed E-state index contributed by atoms with van der Waals surface area (Å²) in [6.45, 7) is 19.4. The van der Waals surface area contributed by atoms with Gasteiger partial charge in [0.05, 0.1) is 0 Å². The van der Waals surface area contributed by atoms with Crippen molar-refractivity contribution in [2.24, 2.45) is 0 Å². The van der Waals surface area contributed by atoms with E-state index in [0.717, 1.165) is 50.1 Å². The Labute approximate surface area is 263 Å². The molecular weight excluding hydrogens is 544 g/mol. The highest BCUT2D eigenvalue weighted by Gasteiger charge is 2.26. The Bertz CT molecular complexity index is 1620. The fraction of sp³-hybridized carbons (Fsp3) is 0.400. The quantitative estimate of drug-likeness (QED) is 0.145. The van der Waals surface area contributed by atoms with E-state index >= 15 is 0 Å². The number of phenols is 4. The Morgan fingerprint density at radius 1 is 0.364 bits per heavy atom. The molecule has 0 aromatic heterocycles. The number of rotatable bonds is 0. The number of fused-ring (bicyclic) bond motifs is 8. The molecule has 4 heteroatoms. The van der Waals surface area contributed by atoms with Gasteiger partial charge in [-0.05, 0) is 77.4 Å². The van der Waals surface area contributed by atoms with Gasteiger partial charge in [-0.2, -0.15) is 0 Å². The van der Waals surface area contributed by atoms with E-state index < -0.39 is 0 Å². The SMILES string of the molecule is CC(C)(C)c1cc2c(O)c(c1)Cc1cc(C(C)(C)C)cc(c1O)Cc1cc(C(C)(C)C)cc(c1O)Cc1cccc(c1O)C2. The Morgan fingerprint density at radius 2 is 0.568 bits per heavy atom. The van der Waals surface area contributed by atoms with Crippen LogP contribution >= 0.6 is 0 Å². The molecule has 4 nitrogen and oxygen atoms in total. The van der Waals surface area contributed by atoms with Crippen molar-refractivity contribution in [2.75, 3.05) is 0 Å². The molecule has 232 valence electrons. The molecule has 44 heavy (non-hydrogen) atoms. The second kappa shape index (κ2) is 10.9. The first kappa shape index (κ1) is 31.5. The van der Waals surface area contributed by atoms with Gasteiger partial charge in [0.1, 0.15) is 23.0 Å². The van der Waals surface area contributed by atoms with Gasteiger partial charge < -0.3 is 20.4 Å². The highest BCUT2D eigenvalue weighted by Crippen LogP contribution is 2.41. The molecule has 5 rings (SSSR count). The third-order valence-corrected chi connectivity index (χ3v) is 9.13. The van der Waals surface area contributed by atoms with Crippen molar-refractivity contribution in [1.82, 2.24) is 0 Å². The molecule has 8 bridgehead atoms. The first-order valence-corrected chi connectivity index (χ1v) is 15.7. The minimum Gasteiger partial charge on any atom is -0.507 e. The average molecular weight is 593 g/mol. The molecule has 4 N–H and O–H groups in total. The van der Waals surface area contributed by atoms with Crippen LogP contribution in [-0.4, -0.2) is 20.4 Å². The lowest BCUT2D eigenvalue weighted by atomic mass is 9.80. The van der Waals surface area contributed by atoms with Crippen LogP contribution in [0.2, 0.25) is 0 Å². The van der Waals surface area contributed by atoms with Gasteiger partial charge >= 0.3 is 0 Å². The Morgan fingerprint density at radius 3 is 0.795 bits per heavy atom. The molecule has 0 amide bonds. The summed E-state index contributed by atoms with van der Waals surface area (Å²) < 4.78 is 0. The number of hydrogen-bond acceptors (Lipinski definition) is 4. The highest BCUT2D eigenvalue weighted by molar-refractivity contribution is 5.58. The summed E-state index contributed by atoms with van der Waals surface area (Å²) in [6, 6.07) is 18.0. The minimum atomic E-state index is -0.181. The molecule has 1 aliphatic carbocycles. The lowest BCUT2D eigenvalue weighted by molar-refractivity contribution is 0.449. The van der Waals surface area contributed by atoms with Gasteiger partial charge in [-0.1, -0.05) is 117 Å². The van der Waals surface area contributed by atoms with Gasteiger partial charge in [0.2, 0.25) is 0 Å². The molecule has 0 radical (unpaired) electrons. The predicted octanol–water partition coefficient (Wildman–Crippen LogP) is 9.08. The zero-order valence-corrected chi connectivity index (χ0v) is 27.8. The van der Waals surface area contributed by atoms with Crippen LogP contribution in [0.3, 0.4) is 0 Å². The van der Waals surface area contributed by atoms with Crippen molar-refractivity contribution in [2.45, 2.75) is 104 Å². The van der Waals surface area contributed by atoms with Crippen molar-refractivity contribution in [3.05, 3.63) is 116 Å². The molecule has 4 aromatic rings. The van der Waals surface area contributed by atoms with Gasteiger partial charge in [-0.15, -0.1) is 0 Å². The maximum Gasteiger partial charge on any atom is 0.122 e. The van der Waals surface area contributed by atoms with Crippen LogP contribution in [0.5, 0.6) is 23.0 Å². The van der Waals surface area contributed by atoms with E-state index in [9.17, 15) is 20.4 Å². The molecule has 0 fully saturated rings. The fourth-order valence-electron chi connectivity index (χ4n) is 6.14. The van der Waals surface area contributed by atoms with Crippen LogP contribution < -0.4 is 0 Å². The lowest BCUT2D eigenvalue weighted by Gasteiger charge is -2.26. The number of benzene rings is 4. The molecule has 4 aromatic carbocycles. The van der Waals surface area contributed by atoms with Crippen LogP contribution in [-0.2, 0) is 41.9 Å². The maximum atomic E-state index is 11.8. The van der Waals surface area contributed by atoms with Gasteiger partial charge in [-0.3, -0.25) is 0 Å². The molecule has 0 aliphatic heterocycles. The normalized spacial score (nSPS) is 14.0. The average Bonchev–Trinajstić information content (AvgIpc) is 2.90. The Balaban J connectivity index is 1.84. The molecule has 0 heterocycles. The van der Waals surface area contributed by atoms with Crippen molar-refractivity contribution < 1.29 is 20.4 Å². The second-order valence-electron chi connectivity index (χ2n) is 15.8. The first-order chi connectivity index (χ1) is 20.3. The molecule has 0 unspecified atom stereocenters. The Hall–Kier alpha value is -3.92. The third kappa shape index (κ3) is 6.18. The number of para-hydroxylation sites is 1. The molecule has 0 saturated carbocycles. The number of aromatic hydroxyl groups is 4. The summed E-state index contributed by atoms with van der Waals surface area (Å²) in [5, 5.41) is 46.7. The predicted molar refractivity (Wildman–Crippen MR) is 180 cm³/mol. The van der Waals surface area contributed by atoms with Crippen LogP contribution in [0.1, 0.15) is 124 Å². The number of phenolic OH excluding ortho intramolecular Hbond substituents is 4. The fourth-order valence-corrected chi connectivity index (χ4v) is 6.14. The minimum absolute atomic E-state index is 0.173. The summed E-state index contributed by atoms with van der Waals surface area (Å²) in [6.07, 6.45) is 1.38. The van der Waals surface area contributed by atoms with Crippen LogP contribution in [0.25, 0.3) is 0 Å². The molecular formula is C40H48O4. The van der Waals surface area contributed by atoms with E-state index in [1.807, 2.05) is 42.5 Å². The summed E-state index contributed by atoms with van der Waals surface area (Å²) in [4.78, 5) is 0. The van der Waals surface area contributed by atoms with Gasteiger partial charge in [0, 0.05) is 25.7 Å². The summed E-state index contributed by atoms with van der Waals surface area (Å²) >= 11 is 0. The second-order valence-corrected chi connectivity index (χ2v) is 15.8. The van der Waals surface area contributed by atoms with E-state index in [0.29, 0.717) is 36.8 Å². The summed E-state index contributed by atoms with van der Waals surface area (Å²) in [7, 11) is 0. The van der Waals surface area contributed by atoms with E-state index in [1.54, 1.807) is 0 Å². The zero-order chi connectivity index (χ0) is 32.4. The van der Waals surface area contributed by atoms with E-state index in [1.165, 1.54) is 0 Å². The van der Waals surface area contributed by atoms with E-state index in [4.69, 9.17) is 0 Å². The largest absolute Gasteiger partial charge is 0.507 e. The monoisotopic (exact) mass is 592 g/mol. The topological polar surface area (TPSA) is 80.9 Å². The Kier molecular flexibility index (Phi) is 7.81. The highest BCUT2D eigenvalue weighted by atomic mass is 16.3. The van der Waals surface area contributed by atoms with Crippen LogP contribution in [0.15, 0.2) is 54.6 Å². The van der Waals surface area contributed by atoms with Crippen molar-refractivity contribution in [1.29, 1.82) is 0 Å². The standard InChI is InChI=1S/C40H48O4/c1-38(2,3)31-17-25-13-23-11-10-12-24(34(23)41)14-26-18-32(39(4,5)6)20-28(36(26)43)16-30-22-33(40(7,8)9)21-29(37(30)44)15-27(19-31)35(25)42/h10-12,17-22,41-44H,13-16H2,1-9H3. The molecule has 0 saturated heterocycles.